The number of nitrogens with one attached hydrogen (secondary N) is 1. The molecule has 2 aromatic rings. The fourth-order valence-corrected chi connectivity index (χ4v) is 7.11. The maximum absolute atomic E-state index is 14.6. The van der Waals surface area contributed by atoms with E-state index in [2.05, 4.69) is 5.32 Å². The third-order valence-corrected chi connectivity index (χ3v) is 10.7. The Hall–Kier alpha value is -4.66. The summed E-state index contributed by atoms with van der Waals surface area (Å²) in [6, 6.07) is 5.94. The van der Waals surface area contributed by atoms with Crippen molar-refractivity contribution in [1.82, 2.24) is 10.2 Å². The number of nitrogens with zero attached hydrogens (tertiary/aromatic N) is 2. The molecule has 7 atom stereocenters. The second-order valence-electron chi connectivity index (χ2n) is 14.3. The quantitative estimate of drug-likeness (QED) is 0.216. The van der Waals surface area contributed by atoms with Crippen LogP contribution in [0.3, 0.4) is 0 Å². The van der Waals surface area contributed by atoms with Crippen LogP contribution in [0.15, 0.2) is 54.1 Å². The van der Waals surface area contributed by atoms with Crippen LogP contribution in [-0.4, -0.2) is 90.8 Å². The number of carbonyl (C=O) groups is 4. The smallest absolute Gasteiger partial charge is 0.409 e. The standard InChI is InChI=1S/C38H46ClFN4O9/c1-20-10-8-9-13-38(49)19-29(51-36(48)42-38)21(2)33-37(4,53-33)30(18-31(45)44(6)27-15-23(14-20)16-28(50-7)32(27)39)52-35(47)22(3)43(5)34(46)25-12-11-24(41)17-26(25)40/h8-12,15-17,21-22,29-30,33,49H,13-14,18-19,41H2,1-7H3,(H,42,48)/b9-8+,20-10+/t21-,22+,29+,30+,33+,37+,38-/m1/s1. The number of esters is 1. The molecule has 0 aliphatic carbocycles. The number of hydrogen-bond acceptors (Lipinski definition) is 10. The van der Waals surface area contributed by atoms with Crippen LogP contribution < -0.4 is 20.7 Å². The first-order chi connectivity index (χ1) is 24.9. The Morgan fingerprint density at radius 2 is 1.96 bits per heavy atom. The number of epoxide rings is 1. The summed E-state index contributed by atoms with van der Waals surface area (Å²) in [7, 11) is 4.34. The van der Waals surface area contributed by atoms with Gasteiger partial charge in [0.1, 0.15) is 46.2 Å². The van der Waals surface area contributed by atoms with Gasteiger partial charge in [0, 0.05) is 38.5 Å². The molecule has 2 saturated heterocycles. The summed E-state index contributed by atoms with van der Waals surface area (Å²) in [5.74, 6) is -3.16. The van der Waals surface area contributed by atoms with Crippen molar-refractivity contribution in [3.05, 3.63) is 76.1 Å². The van der Waals surface area contributed by atoms with Crippen LogP contribution in [0.5, 0.6) is 5.75 Å². The minimum Gasteiger partial charge on any atom is -0.495 e. The third-order valence-electron chi connectivity index (χ3n) is 10.3. The zero-order valence-corrected chi connectivity index (χ0v) is 31.5. The molecule has 3 aliphatic heterocycles. The van der Waals surface area contributed by atoms with E-state index >= 15 is 0 Å². The van der Waals surface area contributed by atoms with Gasteiger partial charge in [0.2, 0.25) is 5.91 Å². The molecule has 3 heterocycles. The number of ether oxygens (including phenoxy) is 4. The molecule has 0 saturated carbocycles. The topological polar surface area (TPSA) is 173 Å². The molecule has 3 amide bonds. The number of nitrogen functional groups attached to an aromatic ring is 1. The first kappa shape index (κ1) is 39.5. The van der Waals surface area contributed by atoms with Crippen LogP contribution >= 0.6 is 11.6 Å². The number of amides is 3. The molecule has 15 heteroatoms. The number of anilines is 2. The van der Waals surface area contributed by atoms with Gasteiger partial charge in [-0.05, 0) is 63.1 Å². The Labute approximate surface area is 312 Å². The van der Waals surface area contributed by atoms with Gasteiger partial charge in [-0.25, -0.2) is 14.0 Å². The van der Waals surface area contributed by atoms with E-state index in [0.29, 0.717) is 17.9 Å². The van der Waals surface area contributed by atoms with Gasteiger partial charge in [0.25, 0.3) is 5.91 Å². The van der Waals surface area contributed by atoms with Gasteiger partial charge in [0.15, 0.2) is 0 Å². The molecule has 0 spiro atoms. The largest absolute Gasteiger partial charge is 0.495 e. The Bertz CT molecular complexity index is 1860. The summed E-state index contributed by atoms with van der Waals surface area (Å²) in [6.07, 6.45) is 2.16. The van der Waals surface area contributed by atoms with Gasteiger partial charge in [-0.1, -0.05) is 42.3 Å². The number of hydrogen-bond donors (Lipinski definition) is 3. The predicted molar refractivity (Wildman–Crippen MR) is 195 cm³/mol. The van der Waals surface area contributed by atoms with Gasteiger partial charge in [-0.2, -0.15) is 0 Å². The normalized spacial score (nSPS) is 29.7. The molecule has 286 valence electrons. The van der Waals surface area contributed by atoms with Crippen molar-refractivity contribution in [3.8, 4) is 5.75 Å². The molecule has 4 N–H and O–H groups in total. The maximum atomic E-state index is 14.6. The van der Waals surface area contributed by atoms with Gasteiger partial charge in [-0.15, -0.1) is 0 Å². The van der Waals surface area contributed by atoms with Crippen molar-refractivity contribution in [2.45, 2.75) is 89.1 Å². The fourth-order valence-electron chi connectivity index (χ4n) is 6.80. The number of likely N-dealkylation sites (N-methyl/N-ethyl adjacent to an activating group) is 1. The van der Waals surface area contributed by atoms with E-state index < -0.39 is 71.3 Å². The number of nitrogens with two attached hydrogens (primary N) is 1. The highest BCUT2D eigenvalue weighted by molar-refractivity contribution is 6.35. The van der Waals surface area contributed by atoms with Crippen molar-refractivity contribution < 1.29 is 47.6 Å². The Morgan fingerprint density at radius 1 is 1.25 bits per heavy atom. The summed E-state index contributed by atoms with van der Waals surface area (Å²) in [5.41, 5.74) is 4.72. The fraction of sp³-hybridized carbons (Fsp3) is 0.474. The van der Waals surface area contributed by atoms with Crippen molar-refractivity contribution in [2.75, 3.05) is 31.8 Å². The van der Waals surface area contributed by atoms with Gasteiger partial charge in [-0.3, -0.25) is 14.9 Å². The number of alkyl carbamates (subject to hydrolysis) is 1. The van der Waals surface area contributed by atoms with E-state index in [1.165, 1.54) is 38.1 Å². The zero-order chi connectivity index (χ0) is 39.0. The summed E-state index contributed by atoms with van der Waals surface area (Å²) in [4.78, 5) is 56.1. The summed E-state index contributed by atoms with van der Waals surface area (Å²) in [5, 5.41) is 14.1. The minimum atomic E-state index is -1.61. The maximum Gasteiger partial charge on any atom is 0.409 e. The van der Waals surface area contributed by atoms with E-state index in [0.717, 1.165) is 22.1 Å². The summed E-state index contributed by atoms with van der Waals surface area (Å²) < 4.78 is 38.0. The molecule has 13 nitrogen and oxygen atoms in total. The van der Waals surface area contributed by atoms with Crippen molar-refractivity contribution >= 4 is 46.9 Å². The van der Waals surface area contributed by atoms with Crippen LogP contribution in [0.1, 0.15) is 62.9 Å². The van der Waals surface area contributed by atoms with Crippen LogP contribution in [0.4, 0.5) is 20.6 Å². The Balaban J connectivity index is 1.50. The number of allylic oxidation sites excluding steroid dienone is 3. The van der Waals surface area contributed by atoms with E-state index in [4.69, 9.17) is 36.3 Å². The lowest BCUT2D eigenvalue weighted by Crippen LogP contribution is -2.57. The molecule has 4 bridgehead atoms. The van der Waals surface area contributed by atoms with Crippen LogP contribution in [0, 0.1) is 11.7 Å². The van der Waals surface area contributed by atoms with Crippen LogP contribution in [0.2, 0.25) is 5.02 Å². The van der Waals surface area contributed by atoms with Gasteiger partial charge >= 0.3 is 12.1 Å². The highest BCUT2D eigenvalue weighted by atomic mass is 35.5. The highest BCUT2D eigenvalue weighted by Crippen LogP contribution is 2.49. The summed E-state index contributed by atoms with van der Waals surface area (Å²) >= 11 is 6.73. The molecular weight excluding hydrogens is 711 g/mol. The van der Waals surface area contributed by atoms with Gasteiger partial charge in [0.05, 0.1) is 30.9 Å². The molecular formula is C38H46ClFN4O9. The molecule has 0 unspecified atom stereocenters. The third kappa shape index (κ3) is 8.45. The number of rotatable bonds is 5. The molecule has 2 aromatic carbocycles. The van der Waals surface area contributed by atoms with Crippen molar-refractivity contribution in [3.63, 3.8) is 0 Å². The first-order valence-corrected chi connectivity index (χ1v) is 17.6. The lowest BCUT2D eigenvalue weighted by atomic mass is 9.84. The van der Waals surface area contributed by atoms with E-state index in [9.17, 15) is 28.7 Å². The zero-order valence-electron chi connectivity index (χ0n) is 30.8. The average molecular weight is 757 g/mol. The number of methoxy groups -OCH3 is 1. The molecule has 53 heavy (non-hydrogen) atoms. The summed E-state index contributed by atoms with van der Waals surface area (Å²) in [6.45, 7) is 6.80. The lowest BCUT2D eigenvalue weighted by molar-refractivity contribution is -0.158. The van der Waals surface area contributed by atoms with Crippen molar-refractivity contribution in [2.24, 2.45) is 5.92 Å². The van der Waals surface area contributed by atoms with E-state index in [1.807, 2.05) is 13.0 Å². The van der Waals surface area contributed by atoms with E-state index in [1.54, 1.807) is 45.2 Å². The second kappa shape index (κ2) is 15.4. The number of benzene rings is 2. The van der Waals surface area contributed by atoms with Crippen molar-refractivity contribution in [1.29, 1.82) is 0 Å². The molecule has 0 radical (unpaired) electrons. The second-order valence-corrected chi connectivity index (χ2v) is 14.6. The monoisotopic (exact) mass is 756 g/mol. The molecule has 5 rings (SSSR count). The molecule has 0 aromatic heterocycles. The molecule has 3 aliphatic rings. The predicted octanol–water partition coefficient (Wildman–Crippen LogP) is 4.92. The van der Waals surface area contributed by atoms with Gasteiger partial charge < -0.3 is 39.6 Å². The Morgan fingerprint density at radius 3 is 2.64 bits per heavy atom. The number of carbonyl (C=O) groups excluding carboxylic acids is 4. The first-order valence-electron chi connectivity index (χ1n) is 17.2. The Kier molecular flexibility index (Phi) is 11.5. The van der Waals surface area contributed by atoms with Crippen LogP contribution in [0.25, 0.3) is 0 Å². The number of fused-ring (bicyclic) bond motifs is 5. The van der Waals surface area contributed by atoms with Crippen LogP contribution in [-0.2, 0) is 30.2 Å². The molecule has 2 fully saturated rings. The minimum absolute atomic E-state index is 0.0325. The number of halogens is 2. The number of aliphatic hydroxyl groups is 1. The highest BCUT2D eigenvalue weighted by Gasteiger charge is 2.64. The average Bonchev–Trinajstić information content (AvgIpc) is 3.80. The van der Waals surface area contributed by atoms with E-state index in [-0.39, 0.29) is 35.5 Å². The SMILES string of the molecule is COc1cc2cc(c1Cl)N(C)C(=O)C[C@H](OC(=O)[C@H](C)N(C)C(=O)c1ccc(N)cc1F)[C@]1(C)O[C@H]1[C@H](C)[C@@H]1C[C@](O)(C/C=C/C=C(\C)C2)NC(=O)O1. The lowest BCUT2D eigenvalue weighted by Gasteiger charge is -2.39.